The Morgan fingerprint density at radius 1 is 0.955 bits per heavy atom. The summed E-state index contributed by atoms with van der Waals surface area (Å²) in [4.78, 5) is 4.41. The highest BCUT2D eigenvalue weighted by molar-refractivity contribution is 5.61. The molecule has 110 valence electrons. The summed E-state index contributed by atoms with van der Waals surface area (Å²) in [5.74, 6) is -0.700. The third-order valence-electron chi connectivity index (χ3n) is 3.56. The van der Waals surface area contributed by atoms with E-state index < -0.39 is 12.3 Å². The lowest BCUT2D eigenvalue weighted by atomic mass is 9.99. The molecule has 3 rings (SSSR count). The van der Waals surface area contributed by atoms with Gasteiger partial charge in [-0.3, -0.25) is 4.98 Å². The van der Waals surface area contributed by atoms with Crippen molar-refractivity contribution in [3.63, 3.8) is 0 Å². The number of aromatic nitrogens is 1. The predicted molar refractivity (Wildman–Crippen MR) is 93.0 cm³/mol. The Kier molecular flexibility index (Phi) is 3.34. The van der Waals surface area contributed by atoms with Gasteiger partial charge in [0, 0.05) is 15.9 Å². The van der Waals surface area contributed by atoms with Crippen LogP contribution in [0.4, 0.5) is 0 Å². The van der Waals surface area contributed by atoms with Crippen LogP contribution < -0.4 is 0 Å². The minimum Gasteiger partial charge on any atom is -0.256 e. The number of pyridine rings is 1. The molecule has 0 fully saturated rings. The summed E-state index contributed by atoms with van der Waals surface area (Å²) in [6.45, 7) is 3.69. The summed E-state index contributed by atoms with van der Waals surface area (Å²) in [5.41, 5.74) is 3.70. The van der Waals surface area contributed by atoms with Gasteiger partial charge in [0.05, 0.1) is 5.69 Å². The fraction of sp³-hybridized carbons (Fsp3) is 0.190. The third-order valence-corrected chi connectivity index (χ3v) is 3.56. The molecule has 0 amide bonds. The molecule has 0 aliphatic rings. The van der Waals surface area contributed by atoms with E-state index in [4.69, 9.17) is 4.11 Å². The Balaban J connectivity index is 2.03. The molecule has 2 aromatic carbocycles. The van der Waals surface area contributed by atoms with Gasteiger partial charge in [-0.25, -0.2) is 0 Å². The average molecular weight is 290 g/mol. The summed E-state index contributed by atoms with van der Waals surface area (Å²) < 4.78 is 25.2. The van der Waals surface area contributed by atoms with Crippen LogP contribution in [0.3, 0.4) is 0 Å². The van der Waals surface area contributed by atoms with E-state index in [1.807, 2.05) is 62.4 Å². The van der Waals surface area contributed by atoms with Crippen LogP contribution in [0.5, 0.6) is 0 Å². The first-order valence-electron chi connectivity index (χ1n) is 8.91. The van der Waals surface area contributed by atoms with E-state index in [2.05, 4.69) is 4.98 Å². The zero-order valence-corrected chi connectivity index (χ0v) is 12.9. The highest BCUT2D eigenvalue weighted by atomic mass is 14.7. The van der Waals surface area contributed by atoms with Crippen molar-refractivity contribution in [2.45, 2.75) is 26.1 Å². The van der Waals surface area contributed by atoms with E-state index >= 15 is 0 Å². The Morgan fingerprint density at radius 2 is 1.73 bits per heavy atom. The maximum atomic E-state index is 8.53. The molecule has 1 heteroatoms. The van der Waals surface area contributed by atoms with Crippen molar-refractivity contribution in [1.82, 2.24) is 4.98 Å². The summed E-state index contributed by atoms with van der Waals surface area (Å²) in [5, 5.41) is 0. The number of hydrogen-bond acceptors (Lipinski definition) is 1. The second-order valence-electron chi connectivity index (χ2n) is 5.50. The number of benzene rings is 2. The second-order valence-corrected chi connectivity index (χ2v) is 5.50. The van der Waals surface area contributed by atoms with Gasteiger partial charge in [-0.1, -0.05) is 62.4 Å². The van der Waals surface area contributed by atoms with Crippen LogP contribution in [0, 0.1) is 0 Å². The van der Waals surface area contributed by atoms with Gasteiger partial charge in [0.1, 0.15) is 0 Å². The Hall–Kier alpha value is -2.41. The number of nitrogens with zero attached hydrogens (tertiary/aromatic N) is 1. The quantitative estimate of drug-likeness (QED) is 0.621. The van der Waals surface area contributed by atoms with Crippen molar-refractivity contribution in [2.24, 2.45) is 0 Å². The molecule has 0 atom stereocenters. The normalized spacial score (nSPS) is 14.0. The summed E-state index contributed by atoms with van der Waals surface area (Å²) in [6, 6.07) is 20.4. The molecule has 1 heterocycles. The molecule has 0 aliphatic heterocycles. The third kappa shape index (κ3) is 3.43. The van der Waals surface area contributed by atoms with Gasteiger partial charge in [-0.2, -0.15) is 0 Å². The summed E-state index contributed by atoms with van der Waals surface area (Å²) in [6.07, 6.45) is 0.128. The minimum atomic E-state index is -1.58. The minimum absolute atomic E-state index is 0.591. The van der Waals surface area contributed by atoms with E-state index in [0.29, 0.717) is 11.1 Å². The molecule has 0 bridgehead atoms. The van der Waals surface area contributed by atoms with Crippen molar-refractivity contribution < 1.29 is 4.11 Å². The molecule has 3 aromatic rings. The van der Waals surface area contributed by atoms with Gasteiger partial charge in [0.15, 0.2) is 0 Å². The van der Waals surface area contributed by atoms with Crippen molar-refractivity contribution in [3.8, 4) is 11.3 Å². The van der Waals surface area contributed by atoms with Crippen LogP contribution in [-0.4, -0.2) is 4.98 Å². The first-order chi connectivity index (χ1) is 11.8. The van der Waals surface area contributed by atoms with Gasteiger partial charge in [0.2, 0.25) is 0 Å². The molecular weight excluding hydrogens is 266 g/mol. The van der Waals surface area contributed by atoms with E-state index in [-0.39, 0.29) is 0 Å². The Bertz CT molecular complexity index is 868. The zero-order valence-electron chi connectivity index (χ0n) is 15.9. The zero-order chi connectivity index (χ0) is 18.1. The molecule has 1 aromatic heterocycles. The van der Waals surface area contributed by atoms with Gasteiger partial charge in [-0.15, -0.1) is 0 Å². The first kappa shape index (κ1) is 11.2. The monoisotopic (exact) mass is 290 g/mol. The molecule has 0 unspecified atom stereocenters. The number of hydrogen-bond donors (Lipinski definition) is 0. The lowest BCUT2D eigenvalue weighted by Crippen LogP contribution is -1.92. The van der Waals surface area contributed by atoms with Gasteiger partial charge >= 0.3 is 0 Å². The van der Waals surface area contributed by atoms with Gasteiger partial charge < -0.3 is 0 Å². The molecule has 22 heavy (non-hydrogen) atoms. The van der Waals surface area contributed by atoms with Crippen LogP contribution in [0.2, 0.25) is 0 Å². The van der Waals surface area contributed by atoms with Crippen molar-refractivity contribution in [1.29, 1.82) is 0 Å². The first-order valence-corrected chi connectivity index (χ1v) is 7.41. The topological polar surface area (TPSA) is 12.9 Å². The van der Waals surface area contributed by atoms with Crippen molar-refractivity contribution >= 4 is 0 Å². The Labute approximate surface area is 136 Å². The maximum Gasteiger partial charge on any atom is 0.0704 e. The van der Waals surface area contributed by atoms with Crippen LogP contribution in [0.1, 0.15) is 40.5 Å². The smallest absolute Gasteiger partial charge is 0.0704 e. The predicted octanol–water partition coefficient (Wildman–Crippen LogP) is 5.46. The van der Waals surface area contributed by atoms with Gasteiger partial charge in [-0.05, 0) is 47.2 Å². The fourth-order valence-electron chi connectivity index (χ4n) is 2.34. The SMILES string of the molecule is [2H]C(C)(C)c1ccnc(-c2cccc(C([2H])([2H])c3ccccc3)c2)c1. The molecule has 1 nitrogen and oxygen atoms in total. The highest BCUT2D eigenvalue weighted by Crippen LogP contribution is 2.23. The lowest BCUT2D eigenvalue weighted by molar-refractivity contribution is 0.864. The lowest BCUT2D eigenvalue weighted by Gasteiger charge is -2.09. The standard InChI is InChI=1S/C21H21N/c1-16(2)19-11-12-22-21(15-19)20-10-6-9-18(14-20)13-17-7-4-3-5-8-17/h3-12,14-16H,13H2,1-2H3/i13D2,16D. The van der Waals surface area contributed by atoms with Crippen molar-refractivity contribution in [3.05, 3.63) is 89.6 Å². The molecule has 0 N–H and O–H groups in total. The number of rotatable bonds is 4. The second kappa shape index (κ2) is 6.57. The van der Waals surface area contributed by atoms with Gasteiger partial charge in [0.25, 0.3) is 0 Å². The van der Waals surface area contributed by atoms with E-state index in [0.717, 1.165) is 16.8 Å². The molecule has 0 saturated carbocycles. The van der Waals surface area contributed by atoms with E-state index in [9.17, 15) is 0 Å². The molecule has 0 radical (unpaired) electrons. The molecule has 0 spiro atoms. The van der Waals surface area contributed by atoms with E-state index in [1.165, 1.54) is 0 Å². The molecular formula is C21H21N. The summed E-state index contributed by atoms with van der Waals surface area (Å²) >= 11 is 0. The van der Waals surface area contributed by atoms with Crippen molar-refractivity contribution in [2.75, 3.05) is 0 Å². The fourth-order valence-corrected chi connectivity index (χ4v) is 2.34. The maximum absolute atomic E-state index is 8.53. The van der Waals surface area contributed by atoms with Crippen LogP contribution in [0.15, 0.2) is 72.9 Å². The van der Waals surface area contributed by atoms with Crippen LogP contribution >= 0.6 is 0 Å². The van der Waals surface area contributed by atoms with Crippen LogP contribution in [0.25, 0.3) is 11.3 Å². The summed E-state index contributed by atoms with van der Waals surface area (Å²) in [7, 11) is 0. The highest BCUT2D eigenvalue weighted by Gasteiger charge is 2.05. The largest absolute Gasteiger partial charge is 0.256 e. The van der Waals surface area contributed by atoms with E-state index in [1.54, 1.807) is 24.4 Å². The Morgan fingerprint density at radius 3 is 2.50 bits per heavy atom. The molecule has 0 aliphatic carbocycles. The average Bonchev–Trinajstić information content (AvgIpc) is 2.62. The van der Waals surface area contributed by atoms with Crippen LogP contribution in [-0.2, 0) is 6.37 Å². The molecule has 0 saturated heterocycles.